The van der Waals surface area contributed by atoms with Crippen LogP contribution in [-0.2, 0) is 0 Å². The number of benzene rings is 1. The summed E-state index contributed by atoms with van der Waals surface area (Å²) in [5.74, 6) is 1.64. The Kier molecular flexibility index (Phi) is 8.02. The molecule has 0 heterocycles. The molecule has 0 saturated heterocycles. The lowest BCUT2D eigenvalue weighted by Gasteiger charge is -2.32. The maximum atomic E-state index is 8.36. The van der Waals surface area contributed by atoms with Crippen LogP contribution in [0.5, 0.6) is 0 Å². The average molecular weight is 334 g/mol. The van der Waals surface area contributed by atoms with Gasteiger partial charge in [-0.2, -0.15) is 0 Å². The van der Waals surface area contributed by atoms with Crippen LogP contribution in [0, 0.1) is 16.0 Å². The second kappa shape index (κ2) is 10.3. The van der Waals surface area contributed by atoms with E-state index in [4.69, 9.17) is 15.3 Å². The molecule has 0 aliphatic heterocycles. The van der Waals surface area contributed by atoms with E-state index in [9.17, 15) is 0 Å². The second-order valence-corrected chi connectivity index (χ2v) is 7.04. The van der Waals surface area contributed by atoms with Gasteiger partial charge in [-0.05, 0) is 43.1 Å². The van der Waals surface area contributed by atoms with E-state index in [1.165, 1.54) is 64.3 Å². The van der Waals surface area contributed by atoms with E-state index in [1.54, 1.807) is 5.56 Å². The third kappa shape index (κ3) is 6.48. The van der Waals surface area contributed by atoms with Crippen LogP contribution in [0.1, 0.15) is 69.3 Å². The molecule has 1 aromatic rings. The zero-order chi connectivity index (χ0) is 17.2. The summed E-state index contributed by atoms with van der Waals surface area (Å²) in [7, 11) is 0. The van der Waals surface area contributed by atoms with Gasteiger partial charge in [0.2, 0.25) is 0 Å². The normalized spacial score (nSPS) is 20.2. The molecule has 1 atom stereocenters. The molecule has 3 rings (SSSR count). The zero-order valence-corrected chi connectivity index (χ0v) is 14.4. The fraction of sp³-hybridized carbons (Fsp3) is 0.684. The summed E-state index contributed by atoms with van der Waals surface area (Å²) in [5.41, 5.74) is 1.56. The summed E-state index contributed by atoms with van der Waals surface area (Å²) < 4.78 is 0. The van der Waals surface area contributed by atoms with Crippen molar-refractivity contribution in [1.82, 2.24) is 5.32 Å². The second-order valence-electron chi connectivity index (χ2n) is 7.04. The number of hydrogen-bond donors (Lipinski definition) is 2. The van der Waals surface area contributed by atoms with Crippen molar-refractivity contribution in [2.24, 2.45) is 5.92 Å². The topological polar surface area (TPSA) is 75.4 Å². The fourth-order valence-corrected chi connectivity index (χ4v) is 4.22. The van der Waals surface area contributed by atoms with Crippen molar-refractivity contribution in [3.63, 3.8) is 0 Å². The van der Waals surface area contributed by atoms with Crippen LogP contribution in [-0.4, -0.2) is 22.9 Å². The van der Waals surface area contributed by atoms with E-state index in [-0.39, 0.29) is 0 Å². The van der Waals surface area contributed by atoms with Crippen molar-refractivity contribution in [1.29, 1.82) is 0 Å². The molecule has 0 spiro atoms. The van der Waals surface area contributed by atoms with Gasteiger partial charge in [0.1, 0.15) is 0 Å². The van der Waals surface area contributed by atoms with Gasteiger partial charge in [-0.1, -0.05) is 62.4 Å². The Balaban J connectivity index is 0.000000471. The minimum atomic E-state index is -1.50. The molecule has 5 nitrogen and oxygen atoms in total. The maximum absolute atomic E-state index is 8.36. The first-order chi connectivity index (χ1) is 11.7. The van der Waals surface area contributed by atoms with Gasteiger partial charge in [0.15, 0.2) is 0 Å². The van der Waals surface area contributed by atoms with E-state index in [1.807, 2.05) is 0 Å². The zero-order valence-electron chi connectivity index (χ0n) is 14.4. The number of rotatable bonds is 5. The van der Waals surface area contributed by atoms with E-state index in [0.29, 0.717) is 0 Å². The molecule has 5 heteroatoms. The van der Waals surface area contributed by atoms with E-state index >= 15 is 0 Å². The predicted molar refractivity (Wildman–Crippen MR) is 94.8 cm³/mol. The Labute approximate surface area is 144 Å². The lowest BCUT2D eigenvalue weighted by molar-refractivity contribution is -0.742. The van der Waals surface area contributed by atoms with Crippen molar-refractivity contribution in [2.75, 3.05) is 6.54 Å². The third-order valence-corrected chi connectivity index (χ3v) is 5.43. The molecule has 2 fully saturated rings. The molecule has 1 aromatic carbocycles. The van der Waals surface area contributed by atoms with E-state index in [2.05, 4.69) is 35.6 Å². The molecule has 24 heavy (non-hydrogen) atoms. The highest BCUT2D eigenvalue weighted by atomic mass is 16.9. The van der Waals surface area contributed by atoms with E-state index < -0.39 is 5.09 Å². The Morgan fingerprint density at radius 1 is 1.04 bits per heavy atom. The van der Waals surface area contributed by atoms with E-state index in [0.717, 1.165) is 17.9 Å². The fourth-order valence-electron chi connectivity index (χ4n) is 4.22. The highest BCUT2D eigenvalue weighted by Crippen LogP contribution is 2.36. The van der Waals surface area contributed by atoms with Crippen molar-refractivity contribution in [3.05, 3.63) is 46.0 Å². The highest BCUT2D eigenvalue weighted by molar-refractivity contribution is 5.21. The number of nitrogens with zero attached hydrogens (tertiary/aromatic N) is 1. The molecular weight excluding hydrogens is 304 g/mol. The SMILES string of the molecule is O=[N+]([O-])O.c1ccc(C(CNC2CCCC2)C2CCCCC2)cc1. The van der Waals surface area contributed by atoms with Crippen molar-refractivity contribution >= 4 is 0 Å². The van der Waals surface area contributed by atoms with Gasteiger partial charge in [0.05, 0.1) is 0 Å². The van der Waals surface area contributed by atoms with Gasteiger partial charge in [0.25, 0.3) is 5.09 Å². The first-order valence-electron chi connectivity index (χ1n) is 9.28. The highest BCUT2D eigenvalue weighted by Gasteiger charge is 2.26. The van der Waals surface area contributed by atoms with Gasteiger partial charge < -0.3 is 10.5 Å². The maximum Gasteiger partial charge on any atom is 0.291 e. The molecule has 0 radical (unpaired) electrons. The van der Waals surface area contributed by atoms with Gasteiger partial charge in [0, 0.05) is 12.6 Å². The average Bonchev–Trinajstić information content (AvgIpc) is 3.10. The monoisotopic (exact) mass is 334 g/mol. The number of nitrogens with one attached hydrogen (secondary N) is 1. The molecule has 2 N–H and O–H groups in total. The van der Waals surface area contributed by atoms with Crippen molar-refractivity contribution in [3.8, 4) is 0 Å². The summed E-state index contributed by atoms with van der Waals surface area (Å²) >= 11 is 0. The third-order valence-electron chi connectivity index (χ3n) is 5.43. The summed E-state index contributed by atoms with van der Waals surface area (Å²) in [6.45, 7) is 1.19. The Hall–Kier alpha value is -1.62. The first-order valence-corrected chi connectivity index (χ1v) is 9.28. The molecule has 2 aliphatic rings. The van der Waals surface area contributed by atoms with Crippen LogP contribution in [0.15, 0.2) is 30.3 Å². The Morgan fingerprint density at radius 2 is 1.58 bits per heavy atom. The molecule has 2 saturated carbocycles. The molecule has 2 aliphatic carbocycles. The van der Waals surface area contributed by atoms with Crippen molar-refractivity contribution in [2.45, 2.75) is 69.7 Å². The minimum Gasteiger partial charge on any atom is -0.328 e. The van der Waals surface area contributed by atoms with Crippen molar-refractivity contribution < 1.29 is 10.3 Å². The van der Waals surface area contributed by atoms with Gasteiger partial charge >= 0.3 is 0 Å². The van der Waals surface area contributed by atoms with Gasteiger partial charge in [-0.25, -0.2) is 0 Å². The van der Waals surface area contributed by atoms with Crippen LogP contribution in [0.2, 0.25) is 0 Å². The lowest BCUT2D eigenvalue weighted by Crippen LogP contribution is -2.33. The quantitative estimate of drug-likeness (QED) is 0.612. The summed E-state index contributed by atoms with van der Waals surface area (Å²) in [6, 6.07) is 12.0. The molecule has 0 amide bonds. The minimum absolute atomic E-state index is 0.733. The lowest BCUT2D eigenvalue weighted by atomic mass is 9.76. The van der Waals surface area contributed by atoms with Gasteiger partial charge in [-0.15, -0.1) is 10.1 Å². The number of hydrogen-bond acceptors (Lipinski definition) is 3. The van der Waals surface area contributed by atoms with Gasteiger partial charge in [-0.3, -0.25) is 0 Å². The molecule has 0 bridgehead atoms. The van der Waals surface area contributed by atoms with Crippen LogP contribution >= 0.6 is 0 Å². The predicted octanol–water partition coefficient (Wildman–Crippen LogP) is 4.54. The van der Waals surface area contributed by atoms with Crippen LogP contribution in [0.25, 0.3) is 0 Å². The first kappa shape index (κ1) is 18.7. The summed E-state index contributed by atoms with van der Waals surface area (Å²) in [6.07, 6.45) is 12.9. The van der Waals surface area contributed by atoms with Crippen LogP contribution in [0.3, 0.4) is 0 Å². The Bertz CT molecular complexity index is 465. The summed E-state index contributed by atoms with van der Waals surface area (Å²) in [5, 5.41) is 17.5. The molecule has 1 unspecified atom stereocenters. The smallest absolute Gasteiger partial charge is 0.291 e. The van der Waals surface area contributed by atoms with Crippen LogP contribution in [0.4, 0.5) is 0 Å². The largest absolute Gasteiger partial charge is 0.328 e. The Morgan fingerprint density at radius 3 is 2.17 bits per heavy atom. The molecular formula is C19H30N2O3. The summed E-state index contributed by atoms with van der Waals surface area (Å²) in [4.78, 5) is 8.36. The molecule has 0 aromatic heterocycles. The standard InChI is InChI=1S/C19H29N.HNO3/c1-3-9-16(10-4-1)19(17-11-5-2-6-12-17)15-20-18-13-7-8-14-18;2-1(3)4/h1,3-4,9-10,17-20H,2,5-8,11-15H2;(H,2,3,4). The molecule has 134 valence electrons. The van der Waals surface area contributed by atoms with Crippen LogP contribution < -0.4 is 5.32 Å².